The lowest BCUT2D eigenvalue weighted by atomic mass is 10.1. The number of aromatic amines is 1. The van der Waals surface area contributed by atoms with Gasteiger partial charge >= 0.3 is 34.2 Å². The number of alkyl halides is 9. The molecule has 0 aliphatic heterocycles. The number of rotatable bonds is 6. The van der Waals surface area contributed by atoms with Crippen LogP contribution in [0.4, 0.5) is 39.5 Å². The molecule has 0 spiro atoms. The summed E-state index contributed by atoms with van der Waals surface area (Å²) in [6.07, 6.45) is -15.6. The van der Waals surface area contributed by atoms with Crippen LogP contribution < -0.4 is 0 Å². The standard InChI is InChI=1S/C7H4F9N3O3S/c8-4(9,1-5(10,11)12)6(13,14)7(15,16)22-23(20,21)3-17-2-18-19-3/h2H,1H2,(H,17,18,19). The molecule has 1 rings (SSSR count). The topological polar surface area (TPSA) is 84.9 Å². The molecule has 16 heteroatoms. The maximum Gasteiger partial charge on any atom is 0.439 e. The van der Waals surface area contributed by atoms with E-state index in [2.05, 4.69) is 14.3 Å². The van der Waals surface area contributed by atoms with Gasteiger partial charge in [0.15, 0.2) is 0 Å². The fourth-order valence-corrected chi connectivity index (χ4v) is 1.92. The maximum absolute atomic E-state index is 13.1. The molecule has 0 bridgehead atoms. The highest BCUT2D eigenvalue weighted by molar-refractivity contribution is 7.86. The van der Waals surface area contributed by atoms with Gasteiger partial charge in [-0.05, 0) is 0 Å². The molecule has 0 radical (unpaired) electrons. The molecule has 0 fully saturated rings. The van der Waals surface area contributed by atoms with Crippen molar-refractivity contribution in [3.63, 3.8) is 0 Å². The van der Waals surface area contributed by atoms with Crippen LogP contribution >= 0.6 is 0 Å². The highest BCUT2D eigenvalue weighted by Crippen LogP contribution is 2.51. The highest BCUT2D eigenvalue weighted by atomic mass is 32.2. The molecule has 1 N–H and O–H groups in total. The molecule has 0 aliphatic rings. The Kier molecular flexibility index (Phi) is 4.65. The molecule has 23 heavy (non-hydrogen) atoms. The van der Waals surface area contributed by atoms with Crippen LogP contribution in [-0.2, 0) is 14.3 Å². The second kappa shape index (κ2) is 5.50. The average Bonchev–Trinajstić information content (AvgIpc) is 2.76. The van der Waals surface area contributed by atoms with Gasteiger partial charge < -0.3 is 0 Å². The number of nitrogens with zero attached hydrogens (tertiary/aromatic N) is 2. The molecule has 134 valence electrons. The van der Waals surface area contributed by atoms with Gasteiger partial charge in [0.25, 0.3) is 5.16 Å². The smallest absolute Gasteiger partial charge is 0.265 e. The molecular weight excluding hydrogens is 377 g/mol. The van der Waals surface area contributed by atoms with Crippen molar-refractivity contribution in [2.75, 3.05) is 0 Å². The summed E-state index contributed by atoms with van der Waals surface area (Å²) in [6.45, 7) is 0. The number of hydrogen-bond donors (Lipinski definition) is 1. The zero-order valence-electron chi connectivity index (χ0n) is 10.2. The first-order valence-electron chi connectivity index (χ1n) is 5.03. The molecule has 0 aliphatic carbocycles. The molecule has 1 heterocycles. The molecule has 0 atom stereocenters. The van der Waals surface area contributed by atoms with Gasteiger partial charge in [-0.1, -0.05) is 0 Å². The second-order valence-electron chi connectivity index (χ2n) is 3.91. The van der Waals surface area contributed by atoms with E-state index in [1.165, 1.54) is 0 Å². The fourth-order valence-electron chi connectivity index (χ4n) is 1.12. The van der Waals surface area contributed by atoms with E-state index in [9.17, 15) is 47.9 Å². The zero-order valence-corrected chi connectivity index (χ0v) is 11.0. The summed E-state index contributed by atoms with van der Waals surface area (Å²) in [5, 5.41) is 2.73. The lowest BCUT2D eigenvalue weighted by Crippen LogP contribution is -2.57. The Balaban J connectivity index is 3.15. The van der Waals surface area contributed by atoms with E-state index in [0.29, 0.717) is 6.33 Å². The van der Waals surface area contributed by atoms with Crippen LogP contribution in [-0.4, -0.2) is 47.7 Å². The third kappa shape index (κ3) is 4.04. The fraction of sp³-hybridized carbons (Fsp3) is 0.714. The number of aromatic nitrogens is 3. The van der Waals surface area contributed by atoms with Gasteiger partial charge in [-0.3, -0.25) is 5.10 Å². The van der Waals surface area contributed by atoms with Crippen LogP contribution in [0.1, 0.15) is 6.42 Å². The summed E-state index contributed by atoms with van der Waals surface area (Å²) in [4.78, 5) is 2.75. The van der Waals surface area contributed by atoms with E-state index >= 15 is 0 Å². The summed E-state index contributed by atoms with van der Waals surface area (Å²) in [7, 11) is -5.86. The second-order valence-corrected chi connectivity index (χ2v) is 5.35. The minimum absolute atomic E-state index is 0.491. The van der Waals surface area contributed by atoms with Crippen molar-refractivity contribution in [1.82, 2.24) is 15.2 Å². The summed E-state index contributed by atoms with van der Waals surface area (Å²) in [5.74, 6) is -13.2. The highest BCUT2D eigenvalue weighted by Gasteiger charge is 2.76. The number of H-pyrrole nitrogens is 1. The van der Waals surface area contributed by atoms with Gasteiger partial charge in [0.2, 0.25) is 0 Å². The first kappa shape index (κ1) is 19.5. The van der Waals surface area contributed by atoms with E-state index in [1.807, 2.05) is 0 Å². The Morgan fingerprint density at radius 1 is 1.04 bits per heavy atom. The maximum atomic E-state index is 13.1. The van der Waals surface area contributed by atoms with Crippen LogP contribution in [0.25, 0.3) is 0 Å². The van der Waals surface area contributed by atoms with Crippen molar-refractivity contribution in [3.05, 3.63) is 6.33 Å². The Morgan fingerprint density at radius 3 is 1.96 bits per heavy atom. The first-order chi connectivity index (χ1) is 10.0. The van der Waals surface area contributed by atoms with Crippen LogP contribution in [0, 0.1) is 0 Å². The summed E-state index contributed by atoms with van der Waals surface area (Å²) in [6, 6.07) is 0. The van der Waals surface area contributed by atoms with Gasteiger partial charge in [-0.25, -0.2) is 4.98 Å². The quantitative estimate of drug-likeness (QED) is 0.604. The van der Waals surface area contributed by atoms with Gasteiger partial charge in [0.05, 0.1) is 0 Å². The molecule has 0 aromatic carbocycles. The van der Waals surface area contributed by atoms with E-state index < -0.39 is 45.8 Å². The lowest BCUT2D eigenvalue weighted by molar-refractivity contribution is -0.382. The van der Waals surface area contributed by atoms with Crippen molar-refractivity contribution < 1.29 is 52.1 Å². The molecule has 0 saturated carbocycles. The SMILES string of the molecule is O=S(=O)(OC(F)(F)C(F)(F)C(F)(F)CC(F)(F)F)c1nc[nH]n1. The van der Waals surface area contributed by atoms with Crippen molar-refractivity contribution in [3.8, 4) is 0 Å². The first-order valence-corrected chi connectivity index (χ1v) is 6.44. The predicted molar refractivity (Wildman–Crippen MR) is 50.2 cm³/mol. The Hall–Kier alpha value is -1.58. The average molecular weight is 381 g/mol. The lowest BCUT2D eigenvalue weighted by Gasteiger charge is -2.31. The van der Waals surface area contributed by atoms with Gasteiger partial charge in [0, 0.05) is 0 Å². The monoisotopic (exact) mass is 381 g/mol. The molecule has 6 nitrogen and oxygen atoms in total. The minimum Gasteiger partial charge on any atom is -0.265 e. The van der Waals surface area contributed by atoms with Crippen molar-refractivity contribution in [2.45, 2.75) is 35.7 Å². The van der Waals surface area contributed by atoms with E-state index in [4.69, 9.17) is 0 Å². The molecular formula is C7H4F9N3O3S. The third-order valence-corrected chi connectivity index (χ3v) is 3.15. The van der Waals surface area contributed by atoms with Crippen molar-refractivity contribution in [1.29, 1.82) is 0 Å². The number of nitrogens with one attached hydrogen (secondary N) is 1. The summed E-state index contributed by atoms with van der Waals surface area (Å²) >= 11 is 0. The van der Waals surface area contributed by atoms with Crippen LogP contribution in [0.2, 0.25) is 0 Å². The Bertz CT molecular complexity index is 640. The Labute approximate surface area is 120 Å². The van der Waals surface area contributed by atoms with Crippen LogP contribution in [0.15, 0.2) is 11.5 Å². The summed E-state index contributed by atoms with van der Waals surface area (Å²) in [5.41, 5.74) is 0. The third-order valence-electron chi connectivity index (χ3n) is 2.08. The molecule has 0 amide bonds. The number of hydrogen-bond acceptors (Lipinski definition) is 5. The van der Waals surface area contributed by atoms with Gasteiger partial charge in [-0.15, -0.1) is 5.10 Å². The zero-order chi connectivity index (χ0) is 18.3. The van der Waals surface area contributed by atoms with E-state index in [0.717, 1.165) is 0 Å². The predicted octanol–water partition coefficient (Wildman–Crippen LogP) is 2.33. The normalized spacial score (nSPS) is 15.0. The number of halogens is 9. The van der Waals surface area contributed by atoms with Gasteiger partial charge in [0.1, 0.15) is 12.7 Å². The van der Waals surface area contributed by atoms with Crippen molar-refractivity contribution in [2.24, 2.45) is 0 Å². The minimum atomic E-state index is -6.81. The molecule has 1 aromatic rings. The van der Waals surface area contributed by atoms with Gasteiger partial charge in [-0.2, -0.15) is 52.1 Å². The molecule has 0 unspecified atom stereocenters. The Morgan fingerprint density at radius 2 is 1.57 bits per heavy atom. The molecule has 1 aromatic heterocycles. The largest absolute Gasteiger partial charge is 0.439 e. The van der Waals surface area contributed by atoms with Crippen LogP contribution in [0.5, 0.6) is 0 Å². The van der Waals surface area contributed by atoms with E-state index in [-0.39, 0.29) is 0 Å². The summed E-state index contributed by atoms with van der Waals surface area (Å²) < 4.78 is 138. The van der Waals surface area contributed by atoms with Crippen molar-refractivity contribution >= 4 is 10.1 Å². The molecule has 0 saturated heterocycles. The van der Waals surface area contributed by atoms with E-state index in [1.54, 1.807) is 5.10 Å². The van der Waals surface area contributed by atoms with Crippen LogP contribution in [0.3, 0.4) is 0 Å².